The fourth-order valence-corrected chi connectivity index (χ4v) is 7.97. The van der Waals surface area contributed by atoms with Crippen LogP contribution in [0, 0.1) is 23.2 Å². The summed E-state index contributed by atoms with van der Waals surface area (Å²) in [5, 5.41) is 11.9. The highest BCUT2D eigenvalue weighted by molar-refractivity contribution is 5.84. The SMILES string of the molecule is O=C(O)C[C@]12CC[C@@H]3c4ccccc4CC[C@H]3[C@@H]1CCC2C(=O)NN(c1ccccc1)c1ccccc1. The largest absolute Gasteiger partial charge is 0.481 e. The topological polar surface area (TPSA) is 69.6 Å². The lowest BCUT2D eigenvalue weighted by molar-refractivity contribution is -0.146. The van der Waals surface area contributed by atoms with Crippen LogP contribution in [0.2, 0.25) is 0 Å². The second kappa shape index (κ2) is 9.70. The predicted molar refractivity (Wildman–Crippen MR) is 144 cm³/mol. The van der Waals surface area contributed by atoms with Crippen molar-refractivity contribution in [2.45, 2.75) is 50.9 Å². The number of benzene rings is 3. The molecule has 1 unspecified atom stereocenters. The highest BCUT2D eigenvalue weighted by atomic mass is 16.4. The van der Waals surface area contributed by atoms with Gasteiger partial charge in [0.1, 0.15) is 0 Å². The Morgan fingerprint density at radius 1 is 0.838 bits per heavy atom. The van der Waals surface area contributed by atoms with E-state index in [4.69, 9.17) is 0 Å². The summed E-state index contributed by atoms with van der Waals surface area (Å²) in [6, 6.07) is 28.4. The zero-order valence-electron chi connectivity index (χ0n) is 21.1. The van der Waals surface area contributed by atoms with Crippen LogP contribution in [-0.4, -0.2) is 17.0 Å². The second-order valence-corrected chi connectivity index (χ2v) is 11.1. The fourth-order valence-electron chi connectivity index (χ4n) is 7.97. The Morgan fingerprint density at radius 3 is 2.16 bits per heavy atom. The number of rotatable bonds is 6. The lowest BCUT2D eigenvalue weighted by Crippen LogP contribution is -2.51. The van der Waals surface area contributed by atoms with Crippen LogP contribution in [-0.2, 0) is 16.0 Å². The highest BCUT2D eigenvalue weighted by Crippen LogP contribution is 2.64. The third-order valence-corrected chi connectivity index (χ3v) is 9.40. The van der Waals surface area contributed by atoms with Gasteiger partial charge >= 0.3 is 5.97 Å². The monoisotopic (exact) mass is 494 g/mol. The van der Waals surface area contributed by atoms with Crippen molar-refractivity contribution in [1.82, 2.24) is 5.43 Å². The maximum Gasteiger partial charge on any atom is 0.303 e. The summed E-state index contributed by atoms with van der Waals surface area (Å²) in [5.74, 6) is 0.00687. The van der Waals surface area contributed by atoms with E-state index in [1.54, 1.807) is 0 Å². The molecule has 5 atom stereocenters. The van der Waals surface area contributed by atoms with Crippen molar-refractivity contribution >= 4 is 23.3 Å². The number of carbonyl (C=O) groups excluding carboxylic acids is 1. The molecule has 3 aliphatic carbocycles. The van der Waals surface area contributed by atoms with Crippen LogP contribution in [0.5, 0.6) is 0 Å². The highest BCUT2D eigenvalue weighted by Gasteiger charge is 2.60. The Labute approximate surface area is 218 Å². The van der Waals surface area contributed by atoms with E-state index < -0.39 is 11.4 Å². The van der Waals surface area contributed by atoms with E-state index in [0.717, 1.165) is 49.9 Å². The van der Waals surface area contributed by atoms with E-state index >= 15 is 0 Å². The van der Waals surface area contributed by atoms with Gasteiger partial charge < -0.3 is 5.11 Å². The molecule has 3 aromatic carbocycles. The lowest BCUT2D eigenvalue weighted by Gasteiger charge is -2.51. The van der Waals surface area contributed by atoms with E-state index in [1.807, 2.05) is 65.7 Å². The molecule has 0 heterocycles. The van der Waals surface area contributed by atoms with Gasteiger partial charge in [-0.15, -0.1) is 0 Å². The second-order valence-electron chi connectivity index (χ2n) is 11.1. The number of amides is 1. The van der Waals surface area contributed by atoms with Crippen molar-refractivity contribution in [2.24, 2.45) is 23.2 Å². The first-order chi connectivity index (χ1) is 18.1. The number of fused-ring (bicyclic) bond motifs is 5. The fraction of sp³-hybridized carbons (Fsp3) is 0.375. The first-order valence-corrected chi connectivity index (χ1v) is 13.6. The molecule has 2 saturated carbocycles. The molecule has 0 spiro atoms. The smallest absolute Gasteiger partial charge is 0.303 e. The van der Waals surface area contributed by atoms with Gasteiger partial charge in [-0.25, -0.2) is 0 Å². The van der Waals surface area contributed by atoms with Gasteiger partial charge in [-0.3, -0.25) is 20.0 Å². The standard InChI is InChI=1S/C32H34N2O3/c35-30(36)21-32-20-19-26-25-14-8-7-9-22(25)15-16-27(26)28(32)17-18-29(32)31(37)33-34(23-10-3-1-4-11-23)24-12-5-2-6-13-24/h1-14,26-29H,15-21H2,(H,33,37)(H,35,36)/t26-,27-,28+,29?,32-/m1/s1. The van der Waals surface area contributed by atoms with Crippen LogP contribution >= 0.6 is 0 Å². The predicted octanol–water partition coefficient (Wildman–Crippen LogP) is 6.48. The van der Waals surface area contributed by atoms with Crippen molar-refractivity contribution in [3.8, 4) is 0 Å². The quantitative estimate of drug-likeness (QED) is 0.385. The number of nitrogens with zero attached hydrogens (tertiary/aromatic N) is 1. The lowest BCUT2D eigenvalue weighted by atomic mass is 9.52. The van der Waals surface area contributed by atoms with Gasteiger partial charge in [0.15, 0.2) is 0 Å². The summed E-state index contributed by atoms with van der Waals surface area (Å²) in [7, 11) is 0. The third-order valence-electron chi connectivity index (χ3n) is 9.40. The van der Waals surface area contributed by atoms with Crippen LogP contribution < -0.4 is 10.4 Å². The number of aryl methyl sites for hydroxylation is 1. The zero-order chi connectivity index (χ0) is 25.4. The van der Waals surface area contributed by atoms with Crippen LogP contribution in [0.1, 0.15) is 55.6 Å². The molecule has 2 N–H and O–H groups in total. The summed E-state index contributed by atoms with van der Waals surface area (Å²) in [4.78, 5) is 26.3. The first kappa shape index (κ1) is 23.8. The van der Waals surface area contributed by atoms with Crippen LogP contribution in [0.15, 0.2) is 84.9 Å². The van der Waals surface area contributed by atoms with Crippen molar-refractivity contribution < 1.29 is 14.7 Å². The Kier molecular flexibility index (Phi) is 6.23. The van der Waals surface area contributed by atoms with E-state index in [-0.39, 0.29) is 24.2 Å². The van der Waals surface area contributed by atoms with Crippen molar-refractivity contribution in [1.29, 1.82) is 0 Å². The molecule has 0 aromatic heterocycles. The normalized spacial score (nSPS) is 27.9. The van der Waals surface area contributed by atoms with Gasteiger partial charge in [-0.2, -0.15) is 0 Å². The van der Waals surface area contributed by atoms with E-state index in [0.29, 0.717) is 11.8 Å². The van der Waals surface area contributed by atoms with Gasteiger partial charge in [0, 0.05) is 5.92 Å². The molecule has 5 heteroatoms. The molecule has 190 valence electrons. The molecule has 3 aliphatic rings. The Balaban J connectivity index is 1.31. The number of hydrazine groups is 1. The molecule has 0 aliphatic heterocycles. The van der Waals surface area contributed by atoms with E-state index in [2.05, 4.69) is 29.7 Å². The summed E-state index contributed by atoms with van der Waals surface area (Å²) < 4.78 is 0. The van der Waals surface area contributed by atoms with Crippen LogP contribution in [0.25, 0.3) is 0 Å². The third kappa shape index (κ3) is 4.20. The average molecular weight is 495 g/mol. The van der Waals surface area contributed by atoms with Gasteiger partial charge in [-0.05, 0) is 97.1 Å². The number of carboxylic acid groups (broad SMARTS) is 1. The number of anilines is 2. The maximum atomic E-state index is 14.1. The molecule has 0 bridgehead atoms. The van der Waals surface area contributed by atoms with Crippen LogP contribution in [0.3, 0.4) is 0 Å². The summed E-state index contributed by atoms with van der Waals surface area (Å²) in [6.45, 7) is 0. The summed E-state index contributed by atoms with van der Waals surface area (Å²) in [6.07, 6.45) is 5.60. The Hall–Kier alpha value is -3.60. The van der Waals surface area contributed by atoms with Crippen LogP contribution in [0.4, 0.5) is 11.4 Å². The van der Waals surface area contributed by atoms with E-state index in [9.17, 15) is 14.7 Å². The van der Waals surface area contributed by atoms with Gasteiger partial charge in [0.25, 0.3) is 0 Å². The molecule has 0 radical (unpaired) electrons. The van der Waals surface area contributed by atoms with Gasteiger partial charge in [-0.1, -0.05) is 60.7 Å². The number of hydrogen-bond acceptors (Lipinski definition) is 3. The van der Waals surface area contributed by atoms with Crippen molar-refractivity contribution in [3.05, 3.63) is 96.1 Å². The van der Waals surface area contributed by atoms with Gasteiger partial charge in [0.2, 0.25) is 5.91 Å². The first-order valence-electron chi connectivity index (χ1n) is 13.6. The summed E-state index contributed by atoms with van der Waals surface area (Å²) >= 11 is 0. The molecule has 0 saturated heterocycles. The molecular weight excluding hydrogens is 460 g/mol. The average Bonchev–Trinajstić information content (AvgIpc) is 3.31. The number of para-hydroxylation sites is 2. The molecular formula is C32H34N2O3. The maximum absolute atomic E-state index is 14.1. The van der Waals surface area contributed by atoms with Crippen molar-refractivity contribution in [3.63, 3.8) is 0 Å². The molecule has 37 heavy (non-hydrogen) atoms. The molecule has 3 aromatic rings. The minimum absolute atomic E-state index is 0.0638. The number of aliphatic carboxylic acids is 1. The number of hydrogen-bond donors (Lipinski definition) is 2. The summed E-state index contributed by atoms with van der Waals surface area (Å²) in [5.41, 5.74) is 7.36. The minimum Gasteiger partial charge on any atom is -0.481 e. The minimum atomic E-state index is -0.790. The Morgan fingerprint density at radius 2 is 1.49 bits per heavy atom. The Bertz CT molecular complexity index is 1240. The van der Waals surface area contributed by atoms with Gasteiger partial charge in [0.05, 0.1) is 17.8 Å². The number of carboxylic acids is 1. The van der Waals surface area contributed by atoms with Crippen molar-refractivity contribution in [2.75, 3.05) is 5.01 Å². The number of carbonyl (C=O) groups is 2. The molecule has 5 nitrogen and oxygen atoms in total. The molecule has 6 rings (SSSR count). The van der Waals surface area contributed by atoms with E-state index in [1.165, 1.54) is 11.1 Å². The molecule has 1 amide bonds. The number of nitrogens with one attached hydrogen (secondary N) is 1. The molecule has 2 fully saturated rings. The zero-order valence-corrected chi connectivity index (χ0v) is 21.1.